The van der Waals surface area contributed by atoms with Crippen molar-refractivity contribution in [2.24, 2.45) is 5.73 Å². The minimum absolute atomic E-state index is 0.275. The minimum atomic E-state index is -4.80. The number of carboxylic acid groups (broad SMARTS) is 1. The molecular formula is C17H16F3NO4. The second kappa shape index (κ2) is 7.43. The van der Waals surface area contributed by atoms with Crippen molar-refractivity contribution in [1.82, 2.24) is 0 Å². The first-order valence-electron chi connectivity index (χ1n) is 7.21. The first kappa shape index (κ1) is 18.6. The van der Waals surface area contributed by atoms with Gasteiger partial charge in [-0.2, -0.15) is 0 Å². The Morgan fingerprint density at radius 2 is 1.96 bits per heavy atom. The summed E-state index contributed by atoms with van der Waals surface area (Å²) in [5.74, 6) is -1.01. The van der Waals surface area contributed by atoms with Gasteiger partial charge in [0.15, 0.2) is 0 Å². The first-order chi connectivity index (χ1) is 11.7. The molecule has 0 aliphatic heterocycles. The Hall–Kier alpha value is -2.74. The van der Waals surface area contributed by atoms with E-state index in [-0.39, 0.29) is 12.2 Å². The standard InChI is InChI=1S/C17H16F3NO4/c1-24-15-6-5-11(14(21)9-16(22)23)8-13(15)10-3-2-4-12(7-10)25-17(18,19)20/h2-8,14H,9,21H2,1H3,(H,22,23). The lowest BCUT2D eigenvalue weighted by atomic mass is 9.97. The van der Waals surface area contributed by atoms with Gasteiger partial charge in [-0.05, 0) is 35.4 Å². The predicted molar refractivity (Wildman–Crippen MR) is 84.3 cm³/mol. The van der Waals surface area contributed by atoms with E-state index in [1.807, 2.05) is 0 Å². The Labute approximate surface area is 141 Å². The van der Waals surface area contributed by atoms with Gasteiger partial charge in [0.05, 0.1) is 13.5 Å². The summed E-state index contributed by atoms with van der Waals surface area (Å²) in [5, 5.41) is 8.85. The highest BCUT2D eigenvalue weighted by Gasteiger charge is 2.31. The van der Waals surface area contributed by atoms with E-state index >= 15 is 0 Å². The third-order valence-electron chi connectivity index (χ3n) is 3.42. The number of aliphatic carboxylic acids is 1. The Balaban J connectivity index is 2.43. The van der Waals surface area contributed by atoms with E-state index in [1.54, 1.807) is 24.3 Å². The number of rotatable bonds is 6. The van der Waals surface area contributed by atoms with E-state index in [4.69, 9.17) is 15.6 Å². The molecule has 0 aromatic heterocycles. The molecule has 0 aliphatic carbocycles. The quantitative estimate of drug-likeness (QED) is 0.825. The molecule has 2 rings (SSSR count). The Morgan fingerprint density at radius 3 is 2.56 bits per heavy atom. The van der Waals surface area contributed by atoms with Gasteiger partial charge in [-0.25, -0.2) is 0 Å². The molecule has 134 valence electrons. The second-order valence-corrected chi connectivity index (χ2v) is 5.24. The number of nitrogens with two attached hydrogens (primary N) is 1. The molecule has 1 atom stereocenters. The summed E-state index contributed by atoms with van der Waals surface area (Å²) in [5.41, 5.74) is 7.28. The summed E-state index contributed by atoms with van der Waals surface area (Å²) in [4.78, 5) is 10.8. The van der Waals surface area contributed by atoms with Crippen LogP contribution in [0.5, 0.6) is 11.5 Å². The van der Waals surface area contributed by atoms with Crippen molar-refractivity contribution in [2.45, 2.75) is 18.8 Å². The lowest BCUT2D eigenvalue weighted by Gasteiger charge is -2.15. The maximum Gasteiger partial charge on any atom is 0.573 e. The molecule has 1 unspecified atom stereocenters. The number of hydrogen-bond donors (Lipinski definition) is 2. The molecule has 0 radical (unpaired) electrons. The monoisotopic (exact) mass is 355 g/mol. The molecule has 0 bridgehead atoms. The smallest absolute Gasteiger partial charge is 0.496 e. The largest absolute Gasteiger partial charge is 0.573 e. The van der Waals surface area contributed by atoms with Crippen LogP contribution in [0.15, 0.2) is 42.5 Å². The number of halogens is 3. The van der Waals surface area contributed by atoms with Crippen LogP contribution in [0, 0.1) is 0 Å². The van der Waals surface area contributed by atoms with Gasteiger partial charge in [-0.3, -0.25) is 4.79 Å². The lowest BCUT2D eigenvalue weighted by Crippen LogP contribution is -2.17. The zero-order valence-corrected chi connectivity index (χ0v) is 13.2. The maximum atomic E-state index is 12.4. The summed E-state index contributed by atoms with van der Waals surface area (Å²) in [6.45, 7) is 0. The summed E-state index contributed by atoms with van der Waals surface area (Å²) >= 11 is 0. The molecule has 25 heavy (non-hydrogen) atoms. The minimum Gasteiger partial charge on any atom is -0.496 e. The fraction of sp³-hybridized carbons (Fsp3) is 0.235. The zero-order valence-electron chi connectivity index (χ0n) is 13.2. The van der Waals surface area contributed by atoms with Gasteiger partial charge in [0, 0.05) is 11.6 Å². The van der Waals surface area contributed by atoms with Gasteiger partial charge in [0.1, 0.15) is 11.5 Å². The van der Waals surface area contributed by atoms with Crippen molar-refractivity contribution in [1.29, 1.82) is 0 Å². The average molecular weight is 355 g/mol. The third kappa shape index (κ3) is 5.12. The van der Waals surface area contributed by atoms with E-state index in [0.717, 1.165) is 0 Å². The molecule has 0 saturated carbocycles. The lowest BCUT2D eigenvalue weighted by molar-refractivity contribution is -0.274. The van der Waals surface area contributed by atoms with Crippen molar-refractivity contribution in [3.63, 3.8) is 0 Å². The van der Waals surface area contributed by atoms with Crippen molar-refractivity contribution in [2.75, 3.05) is 7.11 Å². The number of benzene rings is 2. The molecule has 3 N–H and O–H groups in total. The van der Waals surface area contributed by atoms with Crippen molar-refractivity contribution in [3.05, 3.63) is 48.0 Å². The summed E-state index contributed by atoms with van der Waals surface area (Å²) in [7, 11) is 1.42. The molecule has 0 saturated heterocycles. The first-order valence-corrected chi connectivity index (χ1v) is 7.21. The number of carboxylic acids is 1. The summed E-state index contributed by atoms with van der Waals surface area (Å²) in [6, 6.07) is 9.46. The van der Waals surface area contributed by atoms with Gasteiger partial charge in [0.25, 0.3) is 0 Å². The molecule has 0 amide bonds. The number of hydrogen-bond acceptors (Lipinski definition) is 4. The molecule has 2 aromatic rings. The number of carbonyl (C=O) groups is 1. The van der Waals surface area contributed by atoms with Crippen molar-refractivity contribution >= 4 is 5.97 Å². The van der Waals surface area contributed by atoms with Gasteiger partial charge in [0.2, 0.25) is 0 Å². The van der Waals surface area contributed by atoms with Gasteiger partial charge < -0.3 is 20.3 Å². The van der Waals surface area contributed by atoms with Crippen LogP contribution in [-0.2, 0) is 4.79 Å². The Morgan fingerprint density at radius 1 is 1.24 bits per heavy atom. The SMILES string of the molecule is COc1ccc(C(N)CC(=O)O)cc1-c1cccc(OC(F)(F)F)c1. The number of methoxy groups -OCH3 is 1. The van der Waals surface area contributed by atoms with Crippen LogP contribution in [0.3, 0.4) is 0 Å². The summed E-state index contributed by atoms with van der Waals surface area (Å²) < 4.78 is 46.3. The van der Waals surface area contributed by atoms with Crippen LogP contribution >= 0.6 is 0 Å². The topological polar surface area (TPSA) is 81.8 Å². The van der Waals surface area contributed by atoms with E-state index in [0.29, 0.717) is 22.4 Å². The molecule has 8 heteroatoms. The third-order valence-corrected chi connectivity index (χ3v) is 3.42. The summed E-state index contributed by atoms with van der Waals surface area (Å²) in [6.07, 6.45) is -5.07. The molecule has 2 aromatic carbocycles. The van der Waals surface area contributed by atoms with Crippen molar-refractivity contribution in [3.8, 4) is 22.6 Å². The van der Waals surface area contributed by atoms with Crippen LogP contribution < -0.4 is 15.2 Å². The fourth-order valence-corrected chi connectivity index (χ4v) is 2.35. The molecule has 0 fully saturated rings. The highest BCUT2D eigenvalue weighted by Crippen LogP contribution is 2.35. The van der Waals surface area contributed by atoms with E-state index in [2.05, 4.69) is 4.74 Å². The van der Waals surface area contributed by atoms with Crippen LogP contribution in [0.4, 0.5) is 13.2 Å². The maximum absolute atomic E-state index is 12.4. The van der Waals surface area contributed by atoms with Crippen LogP contribution in [0.25, 0.3) is 11.1 Å². The van der Waals surface area contributed by atoms with Crippen LogP contribution in [-0.4, -0.2) is 24.5 Å². The second-order valence-electron chi connectivity index (χ2n) is 5.24. The van der Waals surface area contributed by atoms with Crippen LogP contribution in [0.1, 0.15) is 18.0 Å². The number of alkyl halides is 3. The fourth-order valence-electron chi connectivity index (χ4n) is 2.35. The van der Waals surface area contributed by atoms with Gasteiger partial charge >= 0.3 is 12.3 Å². The van der Waals surface area contributed by atoms with E-state index in [9.17, 15) is 18.0 Å². The molecule has 0 aliphatic rings. The van der Waals surface area contributed by atoms with Crippen LogP contribution in [0.2, 0.25) is 0 Å². The van der Waals surface area contributed by atoms with Gasteiger partial charge in [-0.15, -0.1) is 13.2 Å². The molecule has 0 spiro atoms. The average Bonchev–Trinajstić information content (AvgIpc) is 2.52. The van der Waals surface area contributed by atoms with Gasteiger partial charge in [-0.1, -0.05) is 18.2 Å². The van der Waals surface area contributed by atoms with Crippen molar-refractivity contribution < 1.29 is 32.5 Å². The number of ether oxygens (including phenoxy) is 2. The molecule has 0 heterocycles. The highest BCUT2D eigenvalue weighted by atomic mass is 19.4. The highest BCUT2D eigenvalue weighted by molar-refractivity contribution is 5.73. The zero-order chi connectivity index (χ0) is 18.6. The Kier molecular flexibility index (Phi) is 5.53. The Bertz CT molecular complexity index is 762. The normalized spacial score (nSPS) is 12.5. The predicted octanol–water partition coefficient (Wildman–Crippen LogP) is 3.74. The van der Waals surface area contributed by atoms with E-state index < -0.39 is 18.4 Å². The van der Waals surface area contributed by atoms with E-state index in [1.165, 1.54) is 25.3 Å². The molecular weight excluding hydrogens is 339 g/mol. The molecule has 5 nitrogen and oxygen atoms in total.